The number of halogens is 5. The van der Waals surface area contributed by atoms with Gasteiger partial charge in [0.2, 0.25) is 0 Å². The van der Waals surface area contributed by atoms with Crippen LogP contribution in [0.4, 0.5) is 19.4 Å². The van der Waals surface area contributed by atoms with Gasteiger partial charge in [0.25, 0.3) is 0 Å². The van der Waals surface area contributed by atoms with Crippen LogP contribution in [0.15, 0.2) is 41.3 Å². The molecule has 1 heterocycles. The summed E-state index contributed by atoms with van der Waals surface area (Å²) in [5, 5.41) is -0.760. The first-order chi connectivity index (χ1) is 8.87. The lowest BCUT2D eigenvalue weighted by atomic mass is 9.86. The molecule has 1 unspecified atom stereocenters. The lowest BCUT2D eigenvalue weighted by Crippen LogP contribution is -2.31. The van der Waals surface area contributed by atoms with E-state index in [1.807, 2.05) is 0 Å². The first kappa shape index (κ1) is 15.3. The molecular weight excluding hydrogens is 299 g/mol. The van der Waals surface area contributed by atoms with Crippen molar-refractivity contribution >= 4 is 10.2 Å². The second kappa shape index (κ2) is 3.98. The van der Waals surface area contributed by atoms with E-state index in [-0.39, 0.29) is 25.0 Å². The summed E-state index contributed by atoms with van der Waals surface area (Å²) in [5.74, 6) is 0. The molecule has 0 radical (unpaired) electrons. The fourth-order valence-corrected chi connectivity index (χ4v) is 3.20. The zero-order valence-corrected chi connectivity index (χ0v) is 11.6. The molecule has 1 aliphatic heterocycles. The van der Waals surface area contributed by atoms with Gasteiger partial charge in [0.1, 0.15) is 0 Å². The standard InChI is InChI=1S/C13H15F5OS/c1-13(12-5-3-2-4-6-12)9-11(7-8-19-13)10-20(14,15,16,17)18/h2-6,10H,7-9H2,1H3. The van der Waals surface area contributed by atoms with Gasteiger partial charge in [-0.25, -0.2) is 0 Å². The zero-order chi connectivity index (χ0) is 15.1. The van der Waals surface area contributed by atoms with Crippen LogP contribution in [0.25, 0.3) is 0 Å². The van der Waals surface area contributed by atoms with Crippen LogP contribution in [-0.2, 0) is 10.3 Å². The Kier molecular flexibility index (Phi) is 3.04. The smallest absolute Gasteiger partial charge is 0.304 e. The Labute approximate surface area is 114 Å². The van der Waals surface area contributed by atoms with Gasteiger partial charge in [0.15, 0.2) is 0 Å². The fourth-order valence-electron chi connectivity index (χ4n) is 2.37. The lowest BCUT2D eigenvalue weighted by molar-refractivity contribution is -0.0524. The van der Waals surface area contributed by atoms with E-state index in [2.05, 4.69) is 0 Å². The van der Waals surface area contributed by atoms with Gasteiger partial charge in [-0.2, -0.15) is 0 Å². The third-order valence-electron chi connectivity index (χ3n) is 3.18. The molecule has 1 atom stereocenters. The van der Waals surface area contributed by atoms with Gasteiger partial charge in [-0.1, -0.05) is 49.8 Å². The van der Waals surface area contributed by atoms with Crippen molar-refractivity contribution in [3.8, 4) is 0 Å². The molecule has 0 spiro atoms. The molecule has 114 valence electrons. The molecule has 1 aliphatic rings. The van der Waals surface area contributed by atoms with Crippen molar-refractivity contribution in [3.05, 3.63) is 46.9 Å². The van der Waals surface area contributed by atoms with Crippen molar-refractivity contribution in [2.45, 2.75) is 25.4 Å². The molecule has 1 fully saturated rings. The first-order valence-electron chi connectivity index (χ1n) is 6.01. The third-order valence-corrected chi connectivity index (χ3v) is 3.96. The fraction of sp³-hybridized carbons (Fsp3) is 0.385. The van der Waals surface area contributed by atoms with E-state index in [0.717, 1.165) is 0 Å². The minimum atomic E-state index is -9.53. The monoisotopic (exact) mass is 314 g/mol. The van der Waals surface area contributed by atoms with Gasteiger partial charge in [-0.05, 0) is 24.5 Å². The Bertz CT molecular complexity index is 537. The number of hydrogen-bond donors (Lipinski definition) is 0. The molecule has 1 aromatic carbocycles. The van der Waals surface area contributed by atoms with E-state index in [1.165, 1.54) is 0 Å². The van der Waals surface area contributed by atoms with Crippen molar-refractivity contribution in [1.82, 2.24) is 0 Å². The lowest BCUT2D eigenvalue weighted by Gasteiger charge is -2.41. The van der Waals surface area contributed by atoms with E-state index < -0.39 is 21.2 Å². The Balaban J connectivity index is 2.33. The second-order valence-corrected chi connectivity index (χ2v) is 7.47. The van der Waals surface area contributed by atoms with Crippen LogP contribution in [0.1, 0.15) is 25.3 Å². The summed E-state index contributed by atoms with van der Waals surface area (Å²) in [6, 6.07) is 8.64. The molecule has 0 amide bonds. The van der Waals surface area contributed by atoms with E-state index in [0.29, 0.717) is 5.56 Å². The second-order valence-electron chi connectivity index (χ2n) is 5.18. The molecular formula is C13H15F5OS. The topological polar surface area (TPSA) is 9.23 Å². The molecule has 0 aliphatic carbocycles. The molecule has 2 rings (SSSR count). The maximum Gasteiger partial charge on any atom is 0.304 e. The summed E-state index contributed by atoms with van der Waals surface area (Å²) in [7, 11) is -9.53. The minimum Gasteiger partial charge on any atom is -0.370 e. The van der Waals surface area contributed by atoms with Gasteiger partial charge < -0.3 is 4.74 Å². The third kappa shape index (κ3) is 4.21. The Morgan fingerprint density at radius 3 is 2.25 bits per heavy atom. The van der Waals surface area contributed by atoms with Crippen molar-refractivity contribution in [3.63, 3.8) is 0 Å². The van der Waals surface area contributed by atoms with E-state index in [4.69, 9.17) is 4.74 Å². The maximum absolute atomic E-state index is 12.5. The predicted molar refractivity (Wildman–Crippen MR) is 70.2 cm³/mol. The molecule has 1 saturated heterocycles. The van der Waals surface area contributed by atoms with Crippen LogP contribution in [0.5, 0.6) is 0 Å². The van der Waals surface area contributed by atoms with Gasteiger partial charge in [-0.15, -0.1) is 0 Å². The average molecular weight is 314 g/mol. The molecule has 0 aromatic heterocycles. The summed E-state index contributed by atoms with van der Waals surface area (Å²) < 4.78 is 68.2. The summed E-state index contributed by atoms with van der Waals surface area (Å²) in [6.45, 7) is 1.60. The predicted octanol–water partition coefficient (Wildman–Crippen LogP) is 5.89. The molecule has 0 bridgehead atoms. The van der Waals surface area contributed by atoms with Gasteiger partial charge >= 0.3 is 10.2 Å². The molecule has 1 nitrogen and oxygen atoms in total. The van der Waals surface area contributed by atoms with Crippen molar-refractivity contribution in [2.24, 2.45) is 0 Å². The number of benzene rings is 1. The van der Waals surface area contributed by atoms with Gasteiger partial charge in [-0.3, -0.25) is 0 Å². The Hall–Kier alpha value is -1.08. The highest BCUT2D eigenvalue weighted by Gasteiger charge is 2.61. The molecule has 7 heteroatoms. The first-order valence-corrected chi connectivity index (χ1v) is 8.02. The minimum absolute atomic E-state index is 0.00886. The van der Waals surface area contributed by atoms with E-state index in [1.54, 1.807) is 37.3 Å². The highest BCUT2D eigenvalue weighted by Crippen LogP contribution is 2.99. The van der Waals surface area contributed by atoms with Crippen LogP contribution in [0.2, 0.25) is 0 Å². The van der Waals surface area contributed by atoms with Gasteiger partial charge in [0.05, 0.1) is 17.6 Å². The van der Waals surface area contributed by atoms with Crippen LogP contribution in [0, 0.1) is 0 Å². The number of ether oxygens (including phenoxy) is 1. The molecule has 0 saturated carbocycles. The molecule has 20 heavy (non-hydrogen) atoms. The highest BCUT2D eigenvalue weighted by molar-refractivity contribution is 8.48. The largest absolute Gasteiger partial charge is 0.370 e. The van der Waals surface area contributed by atoms with Crippen molar-refractivity contribution in [2.75, 3.05) is 6.61 Å². The van der Waals surface area contributed by atoms with E-state index >= 15 is 0 Å². The molecule has 1 aromatic rings. The number of hydrogen-bond acceptors (Lipinski definition) is 1. The van der Waals surface area contributed by atoms with Crippen molar-refractivity contribution in [1.29, 1.82) is 0 Å². The summed E-state index contributed by atoms with van der Waals surface area (Å²) >= 11 is 0. The SMILES string of the molecule is CC1(c2ccccc2)CC(=CS(F)(F)(F)(F)F)CCO1. The van der Waals surface area contributed by atoms with Gasteiger partial charge in [0, 0.05) is 6.42 Å². The average Bonchev–Trinajstić information content (AvgIpc) is 2.26. The quantitative estimate of drug-likeness (QED) is 0.618. The van der Waals surface area contributed by atoms with Crippen LogP contribution in [-0.4, -0.2) is 6.61 Å². The summed E-state index contributed by atoms with van der Waals surface area (Å²) in [6.07, 6.45) is -0.323. The van der Waals surface area contributed by atoms with Crippen LogP contribution in [0.3, 0.4) is 0 Å². The van der Waals surface area contributed by atoms with Crippen LogP contribution >= 0.6 is 10.2 Å². The Morgan fingerprint density at radius 2 is 1.70 bits per heavy atom. The van der Waals surface area contributed by atoms with Crippen molar-refractivity contribution < 1.29 is 24.2 Å². The zero-order valence-electron chi connectivity index (χ0n) is 10.8. The normalized spacial score (nSPS) is 29.8. The van der Waals surface area contributed by atoms with Crippen LogP contribution < -0.4 is 0 Å². The highest BCUT2D eigenvalue weighted by atomic mass is 32.5. The maximum atomic E-state index is 12.5. The summed E-state index contributed by atoms with van der Waals surface area (Å²) in [5.41, 5.74) is -0.650. The summed E-state index contributed by atoms with van der Waals surface area (Å²) in [4.78, 5) is 0. The number of rotatable bonds is 2. The Morgan fingerprint density at radius 1 is 1.10 bits per heavy atom. The molecule has 0 N–H and O–H groups in total. The van der Waals surface area contributed by atoms with E-state index in [9.17, 15) is 19.4 Å².